The maximum Gasteiger partial charge on any atom is 0.138 e. The number of ketones is 1. The molecule has 1 fully saturated rings. The number of nitriles is 1. The monoisotopic (exact) mass is 501 g/mol. The standard InChI is InChI=1S/C23H21Br2NO2/c1-23(2)19(13-21(24)25)22(23)20(27)12-16(14-26)15-7-6-10-18(11-15)28-17-8-4-3-5-9-17/h3-11,13,16,19,22H,12H2,1-2H3/t16?,19-,22-/m0/s1. The number of halogens is 2. The van der Waals surface area contributed by atoms with E-state index in [9.17, 15) is 10.1 Å². The number of carbonyl (C=O) groups is 1. The van der Waals surface area contributed by atoms with E-state index in [1.807, 2.05) is 60.7 Å². The van der Waals surface area contributed by atoms with Crippen LogP contribution in [-0.2, 0) is 4.79 Å². The summed E-state index contributed by atoms with van der Waals surface area (Å²) in [7, 11) is 0. The molecule has 0 amide bonds. The van der Waals surface area contributed by atoms with Gasteiger partial charge in [0.05, 0.1) is 15.4 Å². The van der Waals surface area contributed by atoms with Crippen LogP contribution in [0.1, 0.15) is 31.7 Å². The average molecular weight is 503 g/mol. The van der Waals surface area contributed by atoms with Gasteiger partial charge in [0.2, 0.25) is 0 Å². The van der Waals surface area contributed by atoms with Crippen molar-refractivity contribution in [3.8, 4) is 17.6 Å². The van der Waals surface area contributed by atoms with E-state index in [1.54, 1.807) is 0 Å². The van der Waals surface area contributed by atoms with Gasteiger partial charge in [-0.1, -0.05) is 50.3 Å². The smallest absolute Gasteiger partial charge is 0.138 e. The van der Waals surface area contributed by atoms with Gasteiger partial charge in [-0.25, -0.2) is 0 Å². The number of benzene rings is 2. The highest BCUT2D eigenvalue weighted by Gasteiger charge is 2.60. The largest absolute Gasteiger partial charge is 0.457 e. The molecule has 144 valence electrons. The van der Waals surface area contributed by atoms with E-state index in [1.165, 1.54) is 0 Å². The molecule has 0 aliphatic heterocycles. The molecule has 0 aromatic heterocycles. The van der Waals surface area contributed by atoms with Crippen molar-refractivity contribution in [3.05, 3.63) is 69.6 Å². The summed E-state index contributed by atoms with van der Waals surface area (Å²) in [6, 6.07) is 19.2. The highest BCUT2D eigenvalue weighted by Crippen LogP contribution is 2.60. The zero-order valence-corrected chi connectivity index (χ0v) is 18.9. The Bertz CT molecular complexity index is 927. The summed E-state index contributed by atoms with van der Waals surface area (Å²) < 4.78 is 6.72. The molecule has 1 aliphatic rings. The van der Waals surface area contributed by atoms with Crippen molar-refractivity contribution in [1.29, 1.82) is 5.26 Å². The number of rotatable bonds is 7. The van der Waals surface area contributed by atoms with Gasteiger partial charge >= 0.3 is 0 Å². The van der Waals surface area contributed by atoms with Gasteiger partial charge < -0.3 is 4.74 Å². The predicted octanol–water partition coefficient (Wildman–Crippen LogP) is 6.95. The fourth-order valence-electron chi connectivity index (χ4n) is 3.73. The van der Waals surface area contributed by atoms with Crippen LogP contribution in [0.25, 0.3) is 0 Å². The zero-order valence-electron chi connectivity index (χ0n) is 15.7. The van der Waals surface area contributed by atoms with Crippen molar-refractivity contribution in [2.75, 3.05) is 0 Å². The number of Topliss-reactive ketones (excluding diaryl/α,β-unsaturated/α-hetero) is 1. The molecule has 0 N–H and O–H groups in total. The molecule has 28 heavy (non-hydrogen) atoms. The Balaban J connectivity index is 1.72. The van der Waals surface area contributed by atoms with Crippen molar-refractivity contribution in [2.45, 2.75) is 26.2 Å². The van der Waals surface area contributed by atoms with Gasteiger partial charge in [0.1, 0.15) is 17.3 Å². The number of hydrogen-bond donors (Lipinski definition) is 0. The SMILES string of the molecule is CC1(C)[C@H](C(=O)CC(C#N)c2cccc(Oc3ccccc3)c2)[C@@H]1C=C(Br)Br. The van der Waals surface area contributed by atoms with E-state index in [0.29, 0.717) is 5.75 Å². The average Bonchev–Trinajstić information content (AvgIpc) is 3.20. The Labute approximate surface area is 182 Å². The summed E-state index contributed by atoms with van der Waals surface area (Å²) in [4.78, 5) is 12.9. The number of nitrogens with zero attached hydrogens (tertiary/aromatic N) is 1. The molecule has 1 unspecified atom stereocenters. The van der Waals surface area contributed by atoms with Gasteiger partial charge in [0.15, 0.2) is 0 Å². The Hall–Kier alpha value is -1.90. The first-order valence-electron chi connectivity index (χ1n) is 9.11. The van der Waals surface area contributed by atoms with Crippen molar-refractivity contribution in [1.82, 2.24) is 0 Å². The lowest BCUT2D eigenvalue weighted by atomic mass is 9.92. The van der Waals surface area contributed by atoms with Gasteiger partial charge in [0, 0.05) is 12.3 Å². The number of ether oxygens (including phenoxy) is 1. The number of allylic oxidation sites excluding steroid dienone is 1. The minimum absolute atomic E-state index is 0.0581. The molecule has 0 saturated heterocycles. The third-order valence-corrected chi connectivity index (χ3v) is 5.89. The maximum atomic E-state index is 12.9. The first kappa shape index (κ1) is 20.8. The molecule has 3 atom stereocenters. The second-order valence-electron chi connectivity index (χ2n) is 7.62. The Kier molecular flexibility index (Phi) is 6.42. The molecule has 2 aromatic rings. The minimum atomic E-state index is -0.486. The van der Waals surface area contributed by atoms with Gasteiger partial charge in [0.25, 0.3) is 0 Å². The first-order chi connectivity index (χ1) is 13.3. The van der Waals surface area contributed by atoms with Crippen molar-refractivity contribution < 1.29 is 9.53 Å². The lowest BCUT2D eigenvalue weighted by Gasteiger charge is -2.12. The van der Waals surface area contributed by atoms with E-state index >= 15 is 0 Å². The molecule has 0 spiro atoms. The summed E-state index contributed by atoms with van der Waals surface area (Å²) in [5.41, 5.74) is 0.721. The fourth-order valence-corrected chi connectivity index (χ4v) is 4.29. The van der Waals surface area contributed by atoms with Crippen molar-refractivity contribution in [3.63, 3.8) is 0 Å². The summed E-state index contributed by atoms with van der Waals surface area (Å²) in [6.07, 6.45) is 2.24. The van der Waals surface area contributed by atoms with Gasteiger partial charge in [-0.05, 0) is 73.0 Å². The van der Waals surface area contributed by atoms with E-state index in [0.717, 1.165) is 14.7 Å². The molecule has 1 aliphatic carbocycles. The molecule has 1 saturated carbocycles. The second kappa shape index (κ2) is 8.63. The molecule has 3 nitrogen and oxygen atoms in total. The van der Waals surface area contributed by atoms with Crippen LogP contribution < -0.4 is 4.74 Å². The summed E-state index contributed by atoms with van der Waals surface area (Å²) in [6.45, 7) is 4.19. The first-order valence-corrected chi connectivity index (χ1v) is 10.7. The lowest BCUT2D eigenvalue weighted by molar-refractivity contribution is -0.121. The van der Waals surface area contributed by atoms with E-state index in [4.69, 9.17) is 4.74 Å². The lowest BCUT2D eigenvalue weighted by Crippen LogP contribution is -2.11. The van der Waals surface area contributed by atoms with Gasteiger partial charge in [-0.2, -0.15) is 5.26 Å². The van der Waals surface area contributed by atoms with Gasteiger partial charge in [-0.15, -0.1) is 0 Å². The van der Waals surface area contributed by atoms with E-state index in [2.05, 4.69) is 51.8 Å². The van der Waals surface area contributed by atoms with Crippen LogP contribution >= 0.6 is 31.9 Å². The third kappa shape index (κ3) is 4.74. The summed E-state index contributed by atoms with van der Waals surface area (Å²) in [5, 5.41) is 9.68. The van der Waals surface area contributed by atoms with Crippen LogP contribution in [0.3, 0.4) is 0 Å². The minimum Gasteiger partial charge on any atom is -0.457 e. The van der Waals surface area contributed by atoms with E-state index < -0.39 is 5.92 Å². The van der Waals surface area contributed by atoms with Crippen LogP contribution in [0, 0.1) is 28.6 Å². The molecular weight excluding hydrogens is 482 g/mol. The van der Waals surface area contributed by atoms with Crippen LogP contribution in [-0.4, -0.2) is 5.78 Å². The molecule has 2 aromatic carbocycles. The van der Waals surface area contributed by atoms with E-state index in [-0.39, 0.29) is 29.5 Å². The Morgan fingerprint density at radius 3 is 2.50 bits per heavy atom. The topological polar surface area (TPSA) is 50.1 Å². The molecule has 5 heteroatoms. The fraction of sp³-hybridized carbons (Fsp3) is 0.304. The highest BCUT2D eigenvalue weighted by molar-refractivity contribution is 9.28. The zero-order chi connectivity index (χ0) is 20.3. The molecular formula is C23H21Br2NO2. The summed E-state index contributed by atoms with van der Waals surface area (Å²) >= 11 is 6.76. The molecule has 0 heterocycles. The summed E-state index contributed by atoms with van der Waals surface area (Å²) in [5.74, 6) is 1.16. The third-order valence-electron chi connectivity index (χ3n) is 5.36. The van der Waals surface area contributed by atoms with Crippen molar-refractivity contribution >= 4 is 37.6 Å². The van der Waals surface area contributed by atoms with Crippen LogP contribution in [0.5, 0.6) is 11.5 Å². The maximum absolute atomic E-state index is 12.9. The Morgan fingerprint density at radius 2 is 1.86 bits per heavy atom. The van der Waals surface area contributed by atoms with Crippen molar-refractivity contribution in [2.24, 2.45) is 17.3 Å². The normalized spacial score (nSPS) is 20.5. The second-order valence-corrected chi connectivity index (χ2v) is 10.4. The Morgan fingerprint density at radius 1 is 1.18 bits per heavy atom. The number of para-hydroxylation sites is 1. The highest BCUT2D eigenvalue weighted by atomic mass is 79.9. The van der Waals surface area contributed by atoms with Crippen LogP contribution in [0.15, 0.2) is 64.1 Å². The molecule has 0 bridgehead atoms. The molecule has 0 radical (unpaired) electrons. The predicted molar refractivity (Wildman–Crippen MR) is 118 cm³/mol. The molecule has 3 rings (SSSR count). The number of carbonyl (C=O) groups excluding carboxylic acids is 1. The van der Waals surface area contributed by atoms with Gasteiger partial charge in [-0.3, -0.25) is 4.79 Å². The van der Waals surface area contributed by atoms with Crippen LogP contribution in [0.2, 0.25) is 0 Å². The quantitative estimate of drug-likeness (QED) is 0.411. The number of hydrogen-bond acceptors (Lipinski definition) is 3. The van der Waals surface area contributed by atoms with Crippen LogP contribution in [0.4, 0.5) is 0 Å².